The molecule has 2 aromatic carbocycles. The average Bonchev–Trinajstić information content (AvgIpc) is 2.62. The highest BCUT2D eigenvalue weighted by Crippen LogP contribution is 2.30. The van der Waals surface area contributed by atoms with Crippen molar-refractivity contribution in [3.8, 4) is 0 Å². The van der Waals surface area contributed by atoms with Gasteiger partial charge in [-0.25, -0.2) is 4.98 Å². The second-order valence-corrected chi connectivity index (χ2v) is 7.80. The lowest BCUT2D eigenvalue weighted by atomic mass is 9.86. The van der Waals surface area contributed by atoms with Gasteiger partial charge in [-0.2, -0.15) is 4.98 Å². The first-order valence-electron chi connectivity index (χ1n) is 9.42. The molecule has 140 valence electrons. The van der Waals surface area contributed by atoms with E-state index in [1.54, 1.807) is 0 Å². The number of rotatable bonds is 6. The molecule has 0 saturated carbocycles. The lowest BCUT2D eigenvalue weighted by Crippen LogP contribution is -2.14. The van der Waals surface area contributed by atoms with Crippen molar-refractivity contribution in [2.45, 2.75) is 39.5 Å². The van der Waals surface area contributed by atoms with Gasteiger partial charge in [-0.05, 0) is 36.0 Å². The van der Waals surface area contributed by atoms with Crippen LogP contribution in [0.2, 0.25) is 0 Å². The Morgan fingerprint density at radius 2 is 1.59 bits per heavy atom. The van der Waals surface area contributed by atoms with Gasteiger partial charge in [0.25, 0.3) is 0 Å². The predicted octanol–water partition coefficient (Wildman–Crippen LogP) is 5.48. The van der Waals surface area contributed by atoms with Gasteiger partial charge in [0.1, 0.15) is 5.82 Å². The summed E-state index contributed by atoms with van der Waals surface area (Å²) in [5.74, 6) is 1.46. The van der Waals surface area contributed by atoms with Gasteiger partial charge in [0.2, 0.25) is 5.95 Å². The summed E-state index contributed by atoms with van der Waals surface area (Å²) in [6, 6.07) is 20.8. The number of para-hydroxylation sites is 1. The fraction of sp³-hybridized carbons (Fsp3) is 0.304. The van der Waals surface area contributed by atoms with Gasteiger partial charge in [-0.1, -0.05) is 69.3 Å². The summed E-state index contributed by atoms with van der Waals surface area (Å²) in [5, 5.41) is 6.82. The molecular weight excluding hydrogens is 332 g/mol. The fourth-order valence-corrected chi connectivity index (χ4v) is 3.06. The Kier molecular flexibility index (Phi) is 5.75. The van der Waals surface area contributed by atoms with Crippen LogP contribution in [0.15, 0.2) is 60.7 Å². The number of hydrogen-bond acceptors (Lipinski definition) is 4. The molecule has 0 fully saturated rings. The SMILES string of the molecule is Cc1cc(NCCc2ccccc2)nc(Nc2ccccc2C(C)(C)C)n1. The third kappa shape index (κ3) is 5.30. The maximum Gasteiger partial charge on any atom is 0.229 e. The number of aryl methyl sites for hydroxylation is 1. The van der Waals surface area contributed by atoms with E-state index in [0.717, 1.165) is 30.2 Å². The van der Waals surface area contributed by atoms with Gasteiger partial charge in [0, 0.05) is 24.0 Å². The summed E-state index contributed by atoms with van der Waals surface area (Å²) in [4.78, 5) is 9.21. The molecule has 1 aromatic heterocycles. The van der Waals surface area contributed by atoms with Crippen molar-refractivity contribution in [2.24, 2.45) is 0 Å². The Morgan fingerprint density at radius 1 is 0.889 bits per heavy atom. The lowest BCUT2D eigenvalue weighted by molar-refractivity contribution is 0.592. The molecule has 0 unspecified atom stereocenters. The van der Waals surface area contributed by atoms with Crippen LogP contribution >= 0.6 is 0 Å². The Hall–Kier alpha value is -2.88. The highest BCUT2D eigenvalue weighted by molar-refractivity contribution is 5.61. The molecule has 4 heteroatoms. The van der Waals surface area contributed by atoms with Crippen LogP contribution in [-0.2, 0) is 11.8 Å². The molecule has 0 bridgehead atoms. The van der Waals surface area contributed by atoms with Gasteiger partial charge >= 0.3 is 0 Å². The maximum absolute atomic E-state index is 4.65. The molecule has 0 amide bonds. The van der Waals surface area contributed by atoms with Crippen molar-refractivity contribution in [1.82, 2.24) is 9.97 Å². The van der Waals surface area contributed by atoms with Crippen LogP contribution in [0.4, 0.5) is 17.5 Å². The summed E-state index contributed by atoms with van der Waals surface area (Å²) >= 11 is 0. The molecule has 0 radical (unpaired) electrons. The van der Waals surface area contributed by atoms with Gasteiger partial charge in [-0.3, -0.25) is 0 Å². The standard InChI is InChI=1S/C23H28N4/c1-17-16-21(24-15-14-18-10-6-5-7-11-18)27-22(25-17)26-20-13-9-8-12-19(20)23(2,3)4/h5-13,16H,14-15H2,1-4H3,(H2,24,25,26,27). The predicted molar refractivity (Wildman–Crippen MR) is 114 cm³/mol. The minimum Gasteiger partial charge on any atom is -0.370 e. The van der Waals surface area contributed by atoms with Crippen molar-refractivity contribution in [2.75, 3.05) is 17.2 Å². The first kappa shape index (κ1) is 18.9. The first-order valence-corrected chi connectivity index (χ1v) is 9.42. The third-order valence-corrected chi connectivity index (χ3v) is 4.40. The lowest BCUT2D eigenvalue weighted by Gasteiger charge is -2.23. The molecule has 0 spiro atoms. The number of nitrogens with zero attached hydrogens (tertiary/aromatic N) is 2. The molecule has 3 rings (SSSR count). The summed E-state index contributed by atoms with van der Waals surface area (Å²) in [7, 11) is 0. The second-order valence-electron chi connectivity index (χ2n) is 7.80. The summed E-state index contributed by atoms with van der Waals surface area (Å²) in [6.07, 6.45) is 0.958. The van der Waals surface area contributed by atoms with E-state index in [4.69, 9.17) is 0 Å². The molecule has 4 nitrogen and oxygen atoms in total. The van der Waals surface area contributed by atoms with Crippen molar-refractivity contribution >= 4 is 17.5 Å². The Labute approximate surface area is 162 Å². The van der Waals surface area contributed by atoms with Crippen LogP contribution in [-0.4, -0.2) is 16.5 Å². The molecule has 0 aliphatic carbocycles. The van der Waals surface area contributed by atoms with E-state index in [-0.39, 0.29) is 5.41 Å². The number of hydrogen-bond donors (Lipinski definition) is 2. The Morgan fingerprint density at radius 3 is 2.33 bits per heavy atom. The van der Waals surface area contributed by atoms with Crippen molar-refractivity contribution < 1.29 is 0 Å². The van der Waals surface area contributed by atoms with E-state index < -0.39 is 0 Å². The van der Waals surface area contributed by atoms with Crippen LogP contribution in [0.3, 0.4) is 0 Å². The highest BCUT2D eigenvalue weighted by Gasteiger charge is 2.18. The molecular formula is C23H28N4. The van der Waals surface area contributed by atoms with Gasteiger partial charge in [0.15, 0.2) is 0 Å². The summed E-state index contributed by atoms with van der Waals surface area (Å²) in [6.45, 7) is 9.45. The van der Waals surface area contributed by atoms with Crippen molar-refractivity contribution in [3.05, 3.63) is 77.5 Å². The Balaban J connectivity index is 1.72. The van der Waals surface area contributed by atoms with E-state index in [1.165, 1.54) is 11.1 Å². The Bertz CT molecular complexity index is 882. The van der Waals surface area contributed by atoms with Crippen LogP contribution < -0.4 is 10.6 Å². The molecule has 27 heavy (non-hydrogen) atoms. The number of anilines is 3. The topological polar surface area (TPSA) is 49.8 Å². The molecule has 2 N–H and O–H groups in total. The van der Waals surface area contributed by atoms with E-state index in [2.05, 4.69) is 83.8 Å². The minimum absolute atomic E-state index is 0.0458. The zero-order valence-corrected chi connectivity index (χ0v) is 16.6. The average molecular weight is 361 g/mol. The van der Waals surface area contributed by atoms with Crippen LogP contribution in [0, 0.1) is 6.92 Å². The van der Waals surface area contributed by atoms with Crippen LogP contribution in [0.25, 0.3) is 0 Å². The largest absolute Gasteiger partial charge is 0.370 e. The number of nitrogens with one attached hydrogen (secondary N) is 2. The summed E-state index contributed by atoms with van der Waals surface area (Å²) in [5.41, 5.74) is 4.58. The quantitative estimate of drug-likeness (QED) is 0.611. The van der Waals surface area contributed by atoms with E-state index in [1.807, 2.05) is 25.1 Å². The summed E-state index contributed by atoms with van der Waals surface area (Å²) < 4.78 is 0. The zero-order valence-electron chi connectivity index (χ0n) is 16.6. The first-order chi connectivity index (χ1) is 12.9. The highest BCUT2D eigenvalue weighted by atomic mass is 15.1. The zero-order chi connectivity index (χ0) is 19.3. The molecule has 0 aliphatic rings. The van der Waals surface area contributed by atoms with E-state index in [9.17, 15) is 0 Å². The van der Waals surface area contributed by atoms with Crippen LogP contribution in [0.1, 0.15) is 37.6 Å². The van der Waals surface area contributed by atoms with Gasteiger partial charge in [0.05, 0.1) is 0 Å². The van der Waals surface area contributed by atoms with Gasteiger partial charge < -0.3 is 10.6 Å². The van der Waals surface area contributed by atoms with E-state index in [0.29, 0.717) is 5.95 Å². The maximum atomic E-state index is 4.65. The third-order valence-electron chi connectivity index (χ3n) is 4.40. The van der Waals surface area contributed by atoms with Crippen molar-refractivity contribution in [1.29, 1.82) is 0 Å². The minimum atomic E-state index is 0.0458. The molecule has 0 saturated heterocycles. The number of aromatic nitrogens is 2. The van der Waals surface area contributed by atoms with Crippen molar-refractivity contribution in [3.63, 3.8) is 0 Å². The normalized spacial score (nSPS) is 11.3. The monoisotopic (exact) mass is 360 g/mol. The molecule has 1 heterocycles. The van der Waals surface area contributed by atoms with Gasteiger partial charge in [-0.15, -0.1) is 0 Å². The molecule has 0 atom stereocenters. The van der Waals surface area contributed by atoms with E-state index >= 15 is 0 Å². The fourth-order valence-electron chi connectivity index (χ4n) is 3.06. The smallest absolute Gasteiger partial charge is 0.229 e. The second kappa shape index (κ2) is 8.21. The molecule has 3 aromatic rings. The van der Waals surface area contributed by atoms with Crippen LogP contribution in [0.5, 0.6) is 0 Å². The molecule has 0 aliphatic heterocycles. The number of benzene rings is 2.